The lowest BCUT2D eigenvalue weighted by atomic mass is 10.0. The fraction of sp³-hybridized carbons (Fsp3) is 0.0769. The van der Waals surface area contributed by atoms with Crippen LogP contribution in [-0.2, 0) is 6.42 Å². The van der Waals surface area contributed by atoms with Crippen molar-refractivity contribution in [1.29, 1.82) is 5.26 Å². The normalized spacial score (nSPS) is 12.4. The second kappa shape index (κ2) is 4.14. The number of nitrogens with zero attached hydrogens (tertiary/aromatic N) is 2. The standard InChI is InChI=1S/C13H9FN4S/c14-7-1-2-10-6(3-7)4-8-11(16)9(5-15)12(17)18-13(8)19-10/h1-3H,4H2,(H4,16,17,18). The van der Waals surface area contributed by atoms with Gasteiger partial charge in [0.1, 0.15) is 28.3 Å². The summed E-state index contributed by atoms with van der Waals surface area (Å²) >= 11 is 1.39. The quantitative estimate of drug-likeness (QED) is 0.655. The number of anilines is 2. The van der Waals surface area contributed by atoms with Crippen LogP contribution in [0.2, 0.25) is 0 Å². The van der Waals surface area contributed by atoms with Gasteiger partial charge in [-0.25, -0.2) is 9.37 Å². The third-order valence-electron chi connectivity index (χ3n) is 3.04. The molecule has 0 unspecified atom stereocenters. The molecule has 0 aliphatic carbocycles. The third-order valence-corrected chi connectivity index (χ3v) is 4.19. The molecular weight excluding hydrogens is 263 g/mol. The smallest absolute Gasteiger partial charge is 0.144 e. The summed E-state index contributed by atoms with van der Waals surface area (Å²) in [6.07, 6.45) is 0.462. The fourth-order valence-electron chi connectivity index (χ4n) is 2.09. The van der Waals surface area contributed by atoms with Crippen LogP contribution in [-0.4, -0.2) is 4.98 Å². The van der Waals surface area contributed by atoms with Crippen LogP contribution in [0.15, 0.2) is 28.1 Å². The van der Waals surface area contributed by atoms with Gasteiger partial charge in [-0.05, 0) is 23.8 Å². The van der Waals surface area contributed by atoms with E-state index in [0.29, 0.717) is 17.1 Å². The minimum Gasteiger partial charge on any atom is -0.397 e. The van der Waals surface area contributed by atoms with Crippen molar-refractivity contribution >= 4 is 23.3 Å². The van der Waals surface area contributed by atoms with Crippen molar-refractivity contribution < 1.29 is 4.39 Å². The molecule has 0 saturated carbocycles. The lowest BCUT2D eigenvalue weighted by molar-refractivity contribution is 0.624. The Hall–Kier alpha value is -2.26. The molecule has 1 aromatic heterocycles. The molecule has 0 spiro atoms. The summed E-state index contributed by atoms with van der Waals surface area (Å²) in [4.78, 5) is 5.15. The van der Waals surface area contributed by atoms with Gasteiger partial charge in [-0.1, -0.05) is 11.8 Å². The number of nitrogens with two attached hydrogens (primary N) is 2. The average Bonchev–Trinajstić information content (AvgIpc) is 2.38. The van der Waals surface area contributed by atoms with Crippen LogP contribution in [0.1, 0.15) is 16.7 Å². The lowest BCUT2D eigenvalue weighted by Crippen LogP contribution is -2.10. The van der Waals surface area contributed by atoms with E-state index in [4.69, 9.17) is 16.7 Å². The first-order valence-electron chi connectivity index (χ1n) is 5.54. The van der Waals surface area contributed by atoms with Gasteiger partial charge in [-0.2, -0.15) is 5.26 Å². The molecule has 1 aliphatic heterocycles. The largest absolute Gasteiger partial charge is 0.397 e. The highest BCUT2D eigenvalue weighted by Gasteiger charge is 2.23. The molecule has 0 saturated heterocycles. The zero-order valence-corrected chi connectivity index (χ0v) is 10.6. The molecule has 4 nitrogen and oxygen atoms in total. The Morgan fingerprint density at radius 2 is 2.16 bits per heavy atom. The van der Waals surface area contributed by atoms with Crippen LogP contribution in [0.25, 0.3) is 0 Å². The van der Waals surface area contributed by atoms with Crippen molar-refractivity contribution in [2.24, 2.45) is 0 Å². The van der Waals surface area contributed by atoms with Gasteiger partial charge in [0.05, 0.1) is 5.69 Å². The number of hydrogen-bond donors (Lipinski definition) is 2. The zero-order valence-electron chi connectivity index (χ0n) is 9.77. The highest BCUT2D eigenvalue weighted by atomic mass is 32.2. The first-order valence-corrected chi connectivity index (χ1v) is 6.36. The predicted octanol–water partition coefficient (Wildman–Crippen LogP) is 2.31. The summed E-state index contributed by atoms with van der Waals surface area (Å²) in [6.45, 7) is 0. The van der Waals surface area contributed by atoms with E-state index in [-0.39, 0.29) is 17.2 Å². The highest BCUT2D eigenvalue weighted by molar-refractivity contribution is 7.99. The van der Waals surface area contributed by atoms with Gasteiger partial charge in [-0.15, -0.1) is 0 Å². The second-order valence-electron chi connectivity index (χ2n) is 4.21. The van der Waals surface area contributed by atoms with E-state index >= 15 is 0 Å². The molecule has 0 amide bonds. The van der Waals surface area contributed by atoms with Crippen molar-refractivity contribution in [2.75, 3.05) is 11.5 Å². The maximum atomic E-state index is 13.3. The number of rotatable bonds is 0. The maximum Gasteiger partial charge on any atom is 0.144 e. The van der Waals surface area contributed by atoms with E-state index in [1.807, 2.05) is 6.07 Å². The molecule has 3 rings (SSSR count). The minimum absolute atomic E-state index is 0.136. The van der Waals surface area contributed by atoms with Gasteiger partial charge in [0.2, 0.25) is 0 Å². The monoisotopic (exact) mass is 272 g/mol. The number of nitriles is 1. The van der Waals surface area contributed by atoms with Crippen molar-refractivity contribution in [3.63, 3.8) is 0 Å². The van der Waals surface area contributed by atoms with E-state index in [9.17, 15) is 4.39 Å². The number of nitrogen functional groups attached to an aromatic ring is 2. The van der Waals surface area contributed by atoms with Crippen molar-refractivity contribution in [1.82, 2.24) is 4.98 Å². The summed E-state index contributed by atoms with van der Waals surface area (Å²) in [5, 5.41) is 9.71. The lowest BCUT2D eigenvalue weighted by Gasteiger charge is -2.20. The topological polar surface area (TPSA) is 88.7 Å². The Labute approximate surface area is 113 Å². The fourth-order valence-corrected chi connectivity index (χ4v) is 3.15. The van der Waals surface area contributed by atoms with Crippen molar-refractivity contribution in [3.8, 4) is 6.07 Å². The number of halogens is 1. The molecule has 1 aromatic carbocycles. The molecule has 1 aliphatic rings. The molecule has 0 atom stereocenters. The predicted molar refractivity (Wildman–Crippen MR) is 71.1 cm³/mol. The van der Waals surface area contributed by atoms with E-state index in [0.717, 1.165) is 16.0 Å². The van der Waals surface area contributed by atoms with Crippen molar-refractivity contribution in [3.05, 3.63) is 40.7 Å². The second-order valence-corrected chi connectivity index (χ2v) is 5.24. The molecule has 2 aromatic rings. The van der Waals surface area contributed by atoms with E-state index in [1.165, 1.54) is 23.9 Å². The van der Waals surface area contributed by atoms with Crippen LogP contribution < -0.4 is 11.5 Å². The van der Waals surface area contributed by atoms with E-state index in [2.05, 4.69) is 4.98 Å². The van der Waals surface area contributed by atoms with Gasteiger partial charge < -0.3 is 11.5 Å². The van der Waals surface area contributed by atoms with Gasteiger partial charge in [0.25, 0.3) is 0 Å². The average molecular weight is 272 g/mol. The molecule has 2 heterocycles. The van der Waals surface area contributed by atoms with Crippen molar-refractivity contribution in [2.45, 2.75) is 16.3 Å². The van der Waals surface area contributed by atoms with Gasteiger partial charge in [-0.3, -0.25) is 0 Å². The first-order chi connectivity index (χ1) is 9.10. The Kier molecular flexibility index (Phi) is 2.57. The Balaban J connectivity index is 2.18. The summed E-state index contributed by atoms with van der Waals surface area (Å²) in [5.74, 6) is -0.151. The molecule has 4 N–H and O–H groups in total. The van der Waals surface area contributed by atoms with Gasteiger partial charge >= 0.3 is 0 Å². The van der Waals surface area contributed by atoms with Gasteiger partial charge in [0, 0.05) is 16.9 Å². The molecule has 0 bridgehead atoms. The Bertz CT molecular complexity index is 736. The number of fused-ring (bicyclic) bond motifs is 2. The number of hydrogen-bond acceptors (Lipinski definition) is 5. The molecule has 19 heavy (non-hydrogen) atoms. The third kappa shape index (κ3) is 1.79. The zero-order chi connectivity index (χ0) is 13.6. The summed E-state index contributed by atoms with van der Waals surface area (Å²) < 4.78 is 13.3. The first kappa shape index (κ1) is 11.8. The van der Waals surface area contributed by atoms with Crippen LogP contribution in [0.5, 0.6) is 0 Å². The highest BCUT2D eigenvalue weighted by Crippen LogP contribution is 2.42. The molecule has 6 heteroatoms. The Morgan fingerprint density at radius 1 is 1.37 bits per heavy atom. The summed E-state index contributed by atoms with van der Waals surface area (Å²) in [5.41, 5.74) is 13.8. The summed E-state index contributed by atoms with van der Waals surface area (Å²) in [7, 11) is 0. The SMILES string of the molecule is N#Cc1c(N)nc2c(c1N)Cc1cc(F)ccc1S2. The number of pyridine rings is 1. The molecule has 94 valence electrons. The summed E-state index contributed by atoms with van der Waals surface area (Å²) in [6, 6.07) is 6.56. The van der Waals surface area contributed by atoms with Gasteiger partial charge in [0.15, 0.2) is 0 Å². The Morgan fingerprint density at radius 3 is 2.89 bits per heavy atom. The minimum atomic E-state index is -0.287. The molecule has 0 fully saturated rings. The van der Waals surface area contributed by atoms with Crippen LogP contribution in [0.4, 0.5) is 15.9 Å². The van der Waals surface area contributed by atoms with Crippen LogP contribution in [0.3, 0.4) is 0 Å². The van der Waals surface area contributed by atoms with Crippen LogP contribution in [0, 0.1) is 17.1 Å². The molecular formula is C13H9FN4S. The van der Waals surface area contributed by atoms with E-state index in [1.54, 1.807) is 6.07 Å². The molecule has 0 radical (unpaired) electrons. The van der Waals surface area contributed by atoms with Crippen LogP contribution >= 0.6 is 11.8 Å². The number of aromatic nitrogens is 1. The number of benzene rings is 1. The maximum absolute atomic E-state index is 13.3. The van der Waals surface area contributed by atoms with E-state index < -0.39 is 0 Å².